The van der Waals surface area contributed by atoms with Crippen molar-refractivity contribution in [3.63, 3.8) is 0 Å². The van der Waals surface area contributed by atoms with E-state index in [4.69, 9.17) is 4.98 Å². The highest BCUT2D eigenvalue weighted by atomic mass is 14.9. The number of nitrogens with zero attached hydrogens (tertiary/aromatic N) is 1. The fourth-order valence-corrected chi connectivity index (χ4v) is 5.23. The van der Waals surface area contributed by atoms with Gasteiger partial charge in [0.05, 0.1) is 17.1 Å². The summed E-state index contributed by atoms with van der Waals surface area (Å²) in [5, 5.41) is 9.75. The van der Waals surface area contributed by atoms with Crippen molar-refractivity contribution in [3.05, 3.63) is 173 Å². The van der Waals surface area contributed by atoms with Gasteiger partial charge in [-0.1, -0.05) is 150 Å². The van der Waals surface area contributed by atoms with Crippen LogP contribution in [0.4, 0.5) is 0 Å². The highest BCUT2D eigenvalue weighted by Crippen LogP contribution is 2.39. The van der Waals surface area contributed by atoms with E-state index in [1.165, 1.54) is 11.1 Å². The Kier molecular flexibility index (Phi) is 7.49. The molecule has 6 aromatic rings. The maximum atomic E-state index is 9.75. The van der Waals surface area contributed by atoms with Crippen molar-refractivity contribution in [1.29, 1.82) is 5.41 Å². The molecule has 0 atom stereocenters. The Labute approximate surface area is 247 Å². The molecule has 0 bridgehead atoms. The lowest BCUT2D eigenvalue weighted by atomic mass is 9.86. The standard InChI is InChI=1S/C39H33N3/c1-26-14-20-31(21-15-26)36(40)35(34(29-10-6-4-7-11-29)30-12-8-5-9-13-30)38-37(32-22-16-27(2)17-23-32)41-39(42-38)33-24-18-28(3)19-25-33/h4-25,40H,1-3H3,(H,41,42). The molecule has 0 saturated heterocycles. The largest absolute Gasteiger partial charge is 0.337 e. The van der Waals surface area contributed by atoms with Crippen molar-refractivity contribution in [2.45, 2.75) is 20.8 Å². The number of hydrogen-bond acceptors (Lipinski definition) is 2. The van der Waals surface area contributed by atoms with E-state index in [1.54, 1.807) is 0 Å². The Morgan fingerprint density at radius 3 is 1.48 bits per heavy atom. The fraction of sp³-hybridized carbons (Fsp3) is 0.0769. The molecular formula is C39H33N3. The van der Waals surface area contributed by atoms with Crippen LogP contribution < -0.4 is 0 Å². The number of allylic oxidation sites excluding steroid dienone is 1. The maximum absolute atomic E-state index is 9.75. The zero-order valence-corrected chi connectivity index (χ0v) is 24.1. The molecule has 1 heterocycles. The number of imidazole rings is 1. The topological polar surface area (TPSA) is 52.5 Å². The summed E-state index contributed by atoms with van der Waals surface area (Å²) in [5.74, 6) is 0.773. The van der Waals surface area contributed by atoms with Crippen LogP contribution in [0, 0.1) is 26.2 Å². The van der Waals surface area contributed by atoms with Gasteiger partial charge in [-0.3, -0.25) is 5.41 Å². The summed E-state index contributed by atoms with van der Waals surface area (Å²) in [6.07, 6.45) is 0. The number of hydrogen-bond donors (Lipinski definition) is 2. The lowest BCUT2D eigenvalue weighted by Crippen LogP contribution is -2.09. The van der Waals surface area contributed by atoms with Crippen LogP contribution in [-0.2, 0) is 0 Å². The average molecular weight is 544 g/mol. The number of aromatic nitrogens is 2. The number of nitrogens with one attached hydrogen (secondary N) is 2. The lowest BCUT2D eigenvalue weighted by molar-refractivity contribution is 1.29. The minimum absolute atomic E-state index is 0.435. The molecule has 0 saturated carbocycles. The van der Waals surface area contributed by atoms with Crippen LogP contribution in [0.1, 0.15) is 39.1 Å². The zero-order chi connectivity index (χ0) is 29.1. The van der Waals surface area contributed by atoms with Crippen LogP contribution in [0.5, 0.6) is 0 Å². The Morgan fingerprint density at radius 1 is 0.524 bits per heavy atom. The fourth-order valence-electron chi connectivity index (χ4n) is 5.23. The molecule has 0 radical (unpaired) electrons. The number of aryl methyl sites for hydroxylation is 3. The highest BCUT2D eigenvalue weighted by Gasteiger charge is 2.25. The van der Waals surface area contributed by atoms with Gasteiger partial charge in [0.15, 0.2) is 0 Å². The van der Waals surface area contributed by atoms with E-state index >= 15 is 0 Å². The van der Waals surface area contributed by atoms with Crippen LogP contribution in [0.3, 0.4) is 0 Å². The Bertz CT molecular complexity index is 1820. The number of rotatable bonds is 7. The normalized spacial score (nSPS) is 10.8. The van der Waals surface area contributed by atoms with Gasteiger partial charge in [-0.2, -0.15) is 0 Å². The van der Waals surface area contributed by atoms with Crippen LogP contribution in [0.25, 0.3) is 33.8 Å². The molecule has 0 fully saturated rings. The molecule has 0 aliphatic carbocycles. The molecule has 0 aliphatic heterocycles. The molecule has 42 heavy (non-hydrogen) atoms. The van der Waals surface area contributed by atoms with E-state index in [-0.39, 0.29) is 0 Å². The van der Waals surface area contributed by atoms with Gasteiger partial charge < -0.3 is 4.98 Å². The first-order chi connectivity index (χ1) is 20.5. The van der Waals surface area contributed by atoms with Crippen molar-refractivity contribution in [3.8, 4) is 22.6 Å². The summed E-state index contributed by atoms with van der Waals surface area (Å²) >= 11 is 0. The minimum Gasteiger partial charge on any atom is -0.337 e. The predicted molar refractivity (Wildman–Crippen MR) is 176 cm³/mol. The van der Waals surface area contributed by atoms with E-state index in [0.717, 1.165) is 61.7 Å². The second kappa shape index (κ2) is 11.7. The van der Waals surface area contributed by atoms with Crippen LogP contribution in [-0.4, -0.2) is 15.7 Å². The van der Waals surface area contributed by atoms with Crippen molar-refractivity contribution in [2.75, 3.05) is 0 Å². The monoisotopic (exact) mass is 543 g/mol. The average Bonchev–Trinajstić information content (AvgIpc) is 3.46. The summed E-state index contributed by atoms with van der Waals surface area (Å²) in [4.78, 5) is 8.91. The maximum Gasteiger partial charge on any atom is 0.138 e. The molecule has 3 heteroatoms. The van der Waals surface area contributed by atoms with Crippen LogP contribution >= 0.6 is 0 Å². The molecule has 1 aromatic heterocycles. The van der Waals surface area contributed by atoms with Gasteiger partial charge in [0.1, 0.15) is 5.82 Å². The third-order valence-corrected chi connectivity index (χ3v) is 7.57. The molecule has 2 N–H and O–H groups in total. The van der Waals surface area contributed by atoms with E-state index in [9.17, 15) is 5.41 Å². The van der Waals surface area contributed by atoms with Crippen molar-refractivity contribution in [1.82, 2.24) is 9.97 Å². The van der Waals surface area contributed by atoms with Crippen molar-refractivity contribution in [2.24, 2.45) is 0 Å². The highest BCUT2D eigenvalue weighted by molar-refractivity contribution is 6.37. The smallest absolute Gasteiger partial charge is 0.138 e. The van der Waals surface area contributed by atoms with Gasteiger partial charge in [-0.05, 0) is 31.9 Å². The second-order valence-electron chi connectivity index (χ2n) is 10.8. The first kappa shape index (κ1) is 26.9. The first-order valence-electron chi connectivity index (χ1n) is 14.2. The lowest BCUT2D eigenvalue weighted by Gasteiger charge is -2.19. The van der Waals surface area contributed by atoms with Gasteiger partial charge in [-0.15, -0.1) is 0 Å². The van der Waals surface area contributed by atoms with Crippen molar-refractivity contribution < 1.29 is 0 Å². The molecule has 0 unspecified atom stereocenters. The summed E-state index contributed by atoms with van der Waals surface area (Å²) < 4.78 is 0. The predicted octanol–water partition coefficient (Wildman–Crippen LogP) is 9.70. The van der Waals surface area contributed by atoms with E-state index in [1.807, 2.05) is 24.3 Å². The summed E-state index contributed by atoms with van der Waals surface area (Å²) in [6, 6.07) is 45.8. The SMILES string of the molecule is Cc1ccc(C(=N)C(=C(c2ccccc2)c2ccccc2)c2[nH]c(-c3ccc(C)cc3)nc2-c2ccc(C)cc2)cc1. The molecule has 5 aromatic carbocycles. The zero-order valence-electron chi connectivity index (χ0n) is 24.1. The summed E-state index contributed by atoms with van der Waals surface area (Å²) in [6.45, 7) is 6.25. The van der Waals surface area contributed by atoms with Gasteiger partial charge in [-0.25, -0.2) is 4.98 Å². The van der Waals surface area contributed by atoms with Gasteiger partial charge in [0, 0.05) is 27.8 Å². The molecule has 0 spiro atoms. The van der Waals surface area contributed by atoms with Crippen LogP contribution in [0.2, 0.25) is 0 Å². The minimum atomic E-state index is 0.435. The van der Waals surface area contributed by atoms with Crippen LogP contribution in [0.15, 0.2) is 133 Å². The Morgan fingerprint density at radius 2 is 0.976 bits per heavy atom. The van der Waals surface area contributed by atoms with Gasteiger partial charge >= 0.3 is 0 Å². The summed E-state index contributed by atoms with van der Waals surface area (Å²) in [5.41, 5.74) is 12.3. The first-order valence-corrected chi connectivity index (χ1v) is 14.2. The Balaban J connectivity index is 1.71. The van der Waals surface area contributed by atoms with E-state index < -0.39 is 0 Å². The Hall–Kier alpha value is -5.28. The molecule has 0 aliphatic rings. The summed E-state index contributed by atoms with van der Waals surface area (Å²) in [7, 11) is 0. The third-order valence-electron chi connectivity index (χ3n) is 7.57. The molecule has 0 amide bonds. The third kappa shape index (κ3) is 5.50. The second-order valence-corrected chi connectivity index (χ2v) is 10.8. The van der Waals surface area contributed by atoms with E-state index in [2.05, 4.69) is 135 Å². The number of benzene rings is 5. The number of aromatic amines is 1. The van der Waals surface area contributed by atoms with Crippen molar-refractivity contribution >= 4 is 16.9 Å². The molecule has 3 nitrogen and oxygen atoms in total. The van der Waals surface area contributed by atoms with E-state index in [0.29, 0.717) is 5.71 Å². The molecule has 204 valence electrons. The molecular weight excluding hydrogens is 510 g/mol. The van der Waals surface area contributed by atoms with Gasteiger partial charge in [0.25, 0.3) is 0 Å². The quantitative estimate of drug-likeness (QED) is 0.194. The molecule has 6 rings (SSSR count). The van der Waals surface area contributed by atoms with Gasteiger partial charge in [0.2, 0.25) is 0 Å². The number of H-pyrrole nitrogens is 1.